The zero-order chi connectivity index (χ0) is 77.2. The molecule has 20 N–H and O–H groups in total. The van der Waals surface area contributed by atoms with Crippen molar-refractivity contribution in [2.45, 2.75) is 246 Å². The number of aliphatic hydroxyl groups is 12. The number of aliphatic hydroxyl groups excluding tert-OH is 12. The van der Waals surface area contributed by atoms with Crippen LogP contribution in [0.4, 0.5) is 0 Å². The van der Waals surface area contributed by atoms with Crippen LogP contribution in [0, 0.1) is 0 Å². The molecular weight excluding hydrogens is 1390 g/mol. The van der Waals surface area contributed by atoms with Gasteiger partial charge in [0.1, 0.15) is 66.6 Å². The summed E-state index contributed by atoms with van der Waals surface area (Å²) in [6.07, 6.45) is -7.82. The molecule has 3 rings (SSSR count). The second-order valence-electron chi connectivity index (χ2n) is 26.2. The van der Waals surface area contributed by atoms with Gasteiger partial charge in [-0.2, -0.15) is 0 Å². The Labute approximate surface area is 612 Å². The highest BCUT2D eigenvalue weighted by molar-refractivity contribution is 5.78. The fourth-order valence-corrected chi connectivity index (χ4v) is 11.1. The maximum absolute atomic E-state index is 13.8. The quantitative estimate of drug-likeness (QED) is 0.0255. The van der Waals surface area contributed by atoms with E-state index in [0.29, 0.717) is 70.6 Å². The van der Waals surface area contributed by atoms with E-state index in [1.165, 1.54) is 0 Å². The van der Waals surface area contributed by atoms with Gasteiger partial charge in [0.05, 0.1) is 78.2 Å². The van der Waals surface area contributed by atoms with Crippen molar-refractivity contribution in [2.24, 2.45) is 0 Å². The van der Waals surface area contributed by atoms with Crippen molar-refractivity contribution in [1.82, 2.24) is 37.2 Å². The Morgan fingerprint density at radius 1 is 0.352 bits per heavy atom. The lowest BCUT2D eigenvalue weighted by atomic mass is 9.99. The summed E-state index contributed by atoms with van der Waals surface area (Å²) < 4.78 is 50.7. The molecule has 3 heterocycles. The number of carbonyl (C=O) groups is 8. The molecule has 0 aromatic carbocycles. The molecule has 0 spiro atoms. The highest BCUT2D eigenvalue weighted by Crippen LogP contribution is 2.27. The number of carbonyl (C=O) groups excluding carboxylic acids is 7. The summed E-state index contributed by atoms with van der Waals surface area (Å²) in [7, 11) is 0. The molecule has 3 aliphatic heterocycles. The van der Waals surface area contributed by atoms with Crippen LogP contribution in [0.15, 0.2) is 11.5 Å². The van der Waals surface area contributed by atoms with Crippen LogP contribution in [0.5, 0.6) is 0 Å². The Hall–Kier alpha value is -5.66. The molecule has 14 atom stereocenters. The fraction of sp³-hybridized carbons (Fsp3) is 0.853. The molecule has 2 saturated heterocycles. The summed E-state index contributed by atoms with van der Waals surface area (Å²) >= 11 is 0. The van der Waals surface area contributed by atoms with E-state index in [4.69, 9.17) is 47.7 Å². The van der Waals surface area contributed by atoms with Gasteiger partial charge in [-0.05, 0) is 70.6 Å². The molecule has 0 aromatic heterocycles. The lowest BCUT2D eigenvalue weighted by Crippen LogP contribution is -2.59. The molecular formula is C68H121N7O30. The number of amides is 7. The number of carboxylic acids is 1. The monoisotopic (exact) mass is 1520 g/mol. The Bertz CT molecular complexity index is 2400. The normalized spacial score (nSPS) is 23.7. The first-order valence-electron chi connectivity index (χ1n) is 36.8. The van der Waals surface area contributed by atoms with Crippen LogP contribution in [0.1, 0.15) is 161 Å². The van der Waals surface area contributed by atoms with Crippen LogP contribution in [0.3, 0.4) is 0 Å². The van der Waals surface area contributed by atoms with Gasteiger partial charge in [0.25, 0.3) is 5.95 Å². The van der Waals surface area contributed by atoms with Gasteiger partial charge in [-0.1, -0.05) is 38.5 Å². The number of carboxylic acid groups (broad SMARTS) is 1. The molecule has 0 saturated carbocycles. The van der Waals surface area contributed by atoms with Crippen molar-refractivity contribution in [2.75, 3.05) is 125 Å². The SMILES string of the molecule is O=C(O)CCCCCCCCCCC(=O)NC(COCCC(=O)NCCCNC(=O)CCCCOC1=C(CO)C(O)[C@H](O)C(CO)O1)(COCCC(=O)NCCCNC(=O)CCCCO[C@H]1OC(CO)[C@@H](O)C(O)C1O)COCCC(=O)NCCCNC(=O)CCCCO[C@H]1OC(CO)[C@@H](O)C(O)[C@H]1O. The summed E-state index contributed by atoms with van der Waals surface area (Å²) in [5, 5.41) is 147. The predicted octanol–water partition coefficient (Wildman–Crippen LogP) is -4.61. The van der Waals surface area contributed by atoms with Crippen molar-refractivity contribution in [3.05, 3.63) is 11.5 Å². The van der Waals surface area contributed by atoms with Crippen molar-refractivity contribution in [3.63, 3.8) is 0 Å². The third kappa shape index (κ3) is 39.3. The number of hydrogen-bond acceptors (Lipinski definition) is 29. The highest BCUT2D eigenvalue weighted by Gasteiger charge is 2.46. The standard InChI is InChI=1S/C68H121N7O30/c76-38-45-57(89)58(90)46(39-77)103-65(45)100-32-12-9-18-49(80)69-26-15-29-72-52(83)23-35-97-42-68(75-55(86)21-7-5-3-1-2-4-6-8-22-56(87)88,43-98-36-24-53(84)73-30-16-27-70-50(81)19-10-13-33-101-66-63(95)61(93)59(91)47(40-78)104-66)44-99-37-25-54(85)74-31-17-28-71-51(82)20-11-14-34-102-67-64(96)62(94)60(92)48(41-79)105-67/h46-48,57-64,66-67,76-79,89-96H,1-44H2,(H,69,80)(H,70,81)(H,71,82)(H,72,83)(H,73,84)(H,74,85)(H,75,86)(H,87,88)/t46?,47?,48?,57?,58-,59-,60-,61?,62?,63-,64?,66+,67+,68?/m1/s1. The van der Waals surface area contributed by atoms with Gasteiger partial charge in [0, 0.05) is 104 Å². The van der Waals surface area contributed by atoms with Crippen molar-refractivity contribution >= 4 is 47.3 Å². The average Bonchev–Trinajstić information content (AvgIpc) is 0.838. The topological polar surface area (TPSA) is 567 Å². The maximum Gasteiger partial charge on any atom is 0.303 e. The summed E-state index contributed by atoms with van der Waals surface area (Å²) in [6.45, 7) is -1.88. The summed E-state index contributed by atoms with van der Waals surface area (Å²) in [4.78, 5) is 101. The van der Waals surface area contributed by atoms with Gasteiger partial charge in [-0.25, -0.2) is 0 Å². The summed E-state index contributed by atoms with van der Waals surface area (Å²) in [5.74, 6) is -3.23. The van der Waals surface area contributed by atoms with E-state index >= 15 is 0 Å². The van der Waals surface area contributed by atoms with E-state index in [1.54, 1.807) is 0 Å². The molecule has 2 fully saturated rings. The van der Waals surface area contributed by atoms with E-state index in [0.717, 1.165) is 38.5 Å². The first-order valence-corrected chi connectivity index (χ1v) is 36.8. The van der Waals surface area contributed by atoms with Gasteiger partial charge in [-0.3, -0.25) is 38.4 Å². The van der Waals surface area contributed by atoms with Crippen molar-refractivity contribution in [1.29, 1.82) is 0 Å². The largest absolute Gasteiger partial charge is 0.481 e. The number of unbranched alkanes of at least 4 members (excludes halogenated alkanes) is 10. The van der Waals surface area contributed by atoms with E-state index in [9.17, 15) is 99.6 Å². The van der Waals surface area contributed by atoms with Gasteiger partial charge in [-0.15, -0.1) is 0 Å². The average molecular weight is 1520 g/mol. The first-order chi connectivity index (χ1) is 50.5. The second kappa shape index (κ2) is 55.7. The fourth-order valence-electron chi connectivity index (χ4n) is 11.1. The predicted molar refractivity (Wildman–Crippen MR) is 368 cm³/mol. The first kappa shape index (κ1) is 93.5. The Morgan fingerprint density at radius 3 is 1.05 bits per heavy atom. The molecule has 0 bridgehead atoms. The van der Waals surface area contributed by atoms with Crippen molar-refractivity contribution < 1.29 is 147 Å². The minimum Gasteiger partial charge on any atom is -0.481 e. The lowest BCUT2D eigenvalue weighted by molar-refractivity contribution is -0.301. The van der Waals surface area contributed by atoms with E-state index < -0.39 is 118 Å². The van der Waals surface area contributed by atoms with Gasteiger partial charge >= 0.3 is 5.97 Å². The van der Waals surface area contributed by atoms with Gasteiger partial charge < -0.3 is 146 Å². The zero-order valence-corrected chi connectivity index (χ0v) is 60.4. The second-order valence-corrected chi connectivity index (χ2v) is 26.2. The van der Waals surface area contributed by atoms with Crippen LogP contribution < -0.4 is 37.2 Å². The third-order valence-corrected chi connectivity index (χ3v) is 17.3. The molecule has 0 radical (unpaired) electrons. The third-order valence-electron chi connectivity index (χ3n) is 17.3. The maximum atomic E-state index is 13.8. The van der Waals surface area contributed by atoms with Crippen LogP contribution in [0.25, 0.3) is 0 Å². The molecule has 0 aromatic rings. The molecule has 3 aliphatic rings. The Kier molecular flexibility index (Phi) is 49.6. The molecule has 0 aliphatic carbocycles. The molecule has 8 unspecified atom stereocenters. The van der Waals surface area contributed by atoms with Gasteiger partial charge in [0.15, 0.2) is 18.7 Å². The number of hydrogen-bond donors (Lipinski definition) is 20. The Morgan fingerprint density at radius 2 is 0.686 bits per heavy atom. The van der Waals surface area contributed by atoms with Crippen LogP contribution in [0.2, 0.25) is 0 Å². The number of aliphatic carboxylic acids is 1. The number of nitrogens with one attached hydrogen (secondary N) is 7. The van der Waals surface area contributed by atoms with Gasteiger partial charge in [0.2, 0.25) is 41.4 Å². The lowest BCUT2D eigenvalue weighted by Gasteiger charge is -2.39. The summed E-state index contributed by atoms with van der Waals surface area (Å²) in [5.41, 5.74) is -1.47. The van der Waals surface area contributed by atoms with E-state index in [2.05, 4.69) is 37.2 Å². The number of ether oxygens (including phenoxy) is 9. The zero-order valence-electron chi connectivity index (χ0n) is 60.4. The van der Waals surface area contributed by atoms with Crippen LogP contribution >= 0.6 is 0 Å². The molecule has 7 amide bonds. The van der Waals surface area contributed by atoms with E-state index in [-0.39, 0.29) is 203 Å². The molecule has 608 valence electrons. The summed E-state index contributed by atoms with van der Waals surface area (Å²) in [6, 6.07) is 0. The molecule has 105 heavy (non-hydrogen) atoms. The number of rotatable bonds is 61. The minimum atomic E-state index is -1.57. The minimum absolute atomic E-state index is 0.0630. The Balaban J connectivity index is 1.52. The molecule has 37 nitrogen and oxygen atoms in total. The van der Waals surface area contributed by atoms with Crippen molar-refractivity contribution in [3.8, 4) is 0 Å². The molecule has 37 heteroatoms. The highest BCUT2D eigenvalue weighted by atomic mass is 16.7. The van der Waals surface area contributed by atoms with E-state index in [1.807, 2.05) is 0 Å². The smallest absolute Gasteiger partial charge is 0.303 e. The van der Waals surface area contributed by atoms with Crippen LogP contribution in [-0.2, 0) is 81.0 Å². The van der Waals surface area contributed by atoms with Crippen LogP contribution in [-0.4, -0.2) is 324 Å².